The molecule has 0 fully saturated rings. The molecule has 2 heteroatoms. The lowest BCUT2D eigenvalue weighted by Crippen LogP contribution is -1.99. The normalized spacial score (nSPS) is 9.00. The standard InChI is InChI=1S/C5H8O2/c1-5(2)3-7-4-6/h5H,1,3H2,2H3. The van der Waals surface area contributed by atoms with Crippen molar-refractivity contribution in [3.05, 3.63) is 6.92 Å². The van der Waals surface area contributed by atoms with E-state index < -0.39 is 0 Å². The maximum atomic E-state index is 9.33. The molecule has 0 aromatic rings. The quantitative estimate of drug-likeness (QED) is 0.517. The Morgan fingerprint density at radius 1 is 2.00 bits per heavy atom. The molecule has 0 saturated heterocycles. The number of ether oxygens (including phenoxy) is 1. The first-order chi connectivity index (χ1) is 3.27. The Bertz CT molecular complexity index is 50.0. The summed E-state index contributed by atoms with van der Waals surface area (Å²) in [6.07, 6.45) is 0. The summed E-state index contributed by atoms with van der Waals surface area (Å²) in [5, 5.41) is 0. The van der Waals surface area contributed by atoms with Crippen LogP contribution in [0.3, 0.4) is 0 Å². The van der Waals surface area contributed by atoms with E-state index in [0.29, 0.717) is 6.61 Å². The summed E-state index contributed by atoms with van der Waals surface area (Å²) < 4.78 is 4.23. The van der Waals surface area contributed by atoms with Gasteiger partial charge in [0.1, 0.15) is 0 Å². The van der Waals surface area contributed by atoms with Gasteiger partial charge in [-0.1, -0.05) is 6.92 Å². The van der Waals surface area contributed by atoms with Crippen molar-refractivity contribution in [1.82, 2.24) is 0 Å². The van der Waals surface area contributed by atoms with Crippen molar-refractivity contribution < 1.29 is 9.53 Å². The Morgan fingerprint density at radius 2 is 2.57 bits per heavy atom. The molecule has 0 aliphatic carbocycles. The van der Waals surface area contributed by atoms with Crippen molar-refractivity contribution in [2.45, 2.75) is 6.92 Å². The van der Waals surface area contributed by atoms with Crippen molar-refractivity contribution in [1.29, 1.82) is 0 Å². The van der Waals surface area contributed by atoms with E-state index in [1.54, 1.807) is 0 Å². The average Bonchev–Trinajstić information content (AvgIpc) is 1.61. The van der Waals surface area contributed by atoms with Crippen LogP contribution in [0.25, 0.3) is 0 Å². The molecule has 0 heterocycles. The molecule has 0 saturated carbocycles. The zero-order valence-electron chi connectivity index (χ0n) is 4.31. The number of hydrogen-bond acceptors (Lipinski definition) is 2. The minimum atomic E-state index is 0.168. The molecule has 0 bridgehead atoms. The Kier molecular flexibility index (Phi) is 3.38. The van der Waals surface area contributed by atoms with Gasteiger partial charge in [0.2, 0.25) is 0 Å². The van der Waals surface area contributed by atoms with Gasteiger partial charge >= 0.3 is 6.47 Å². The first-order valence-corrected chi connectivity index (χ1v) is 2.09. The number of hydrogen-bond donors (Lipinski definition) is 0. The van der Waals surface area contributed by atoms with Gasteiger partial charge < -0.3 is 4.74 Å². The van der Waals surface area contributed by atoms with Gasteiger partial charge in [0.05, 0.1) is 6.61 Å². The second-order valence-corrected chi connectivity index (χ2v) is 1.50. The molecule has 40 valence electrons. The van der Waals surface area contributed by atoms with Gasteiger partial charge in [-0.25, -0.2) is 4.79 Å². The molecule has 0 aliphatic rings. The smallest absolute Gasteiger partial charge is 0.417 e. The molecule has 0 aromatic heterocycles. The highest BCUT2D eigenvalue weighted by Gasteiger charge is 1.89. The average molecular weight is 100 g/mol. The molecule has 0 N–H and O–H groups in total. The monoisotopic (exact) mass is 100 g/mol. The highest BCUT2D eigenvalue weighted by atomic mass is 16.5. The fourth-order valence-electron chi connectivity index (χ4n) is 0.176. The van der Waals surface area contributed by atoms with E-state index in [4.69, 9.17) is 0 Å². The number of carbonyl (C=O) groups excluding carboxylic acids is 1. The van der Waals surface area contributed by atoms with E-state index in [1.807, 2.05) is 6.92 Å². The molecule has 2 nitrogen and oxygen atoms in total. The Labute approximate surface area is 43.5 Å². The highest BCUT2D eigenvalue weighted by molar-refractivity contribution is 5.38. The summed E-state index contributed by atoms with van der Waals surface area (Å²) in [4.78, 5) is 9.33. The van der Waals surface area contributed by atoms with Crippen LogP contribution in [-0.2, 0) is 9.53 Å². The predicted octanol–water partition coefficient (Wildman–Crippen LogP) is 0.540. The van der Waals surface area contributed by atoms with Gasteiger partial charge in [0.25, 0.3) is 0 Å². The third kappa shape index (κ3) is 5.47. The summed E-state index contributed by atoms with van der Waals surface area (Å²) in [6, 6.07) is 0. The third-order valence-corrected chi connectivity index (χ3v) is 0.427. The van der Waals surface area contributed by atoms with Crippen LogP contribution < -0.4 is 0 Å². The maximum absolute atomic E-state index is 9.33. The van der Waals surface area contributed by atoms with E-state index in [1.165, 1.54) is 6.47 Å². The summed E-state index contributed by atoms with van der Waals surface area (Å²) in [6.45, 7) is 7.10. The van der Waals surface area contributed by atoms with E-state index in [0.717, 1.165) is 0 Å². The molecule has 0 spiro atoms. The van der Waals surface area contributed by atoms with E-state index in [2.05, 4.69) is 11.7 Å². The van der Waals surface area contributed by atoms with Crippen LogP contribution in [-0.4, -0.2) is 13.1 Å². The fourth-order valence-corrected chi connectivity index (χ4v) is 0.176. The van der Waals surface area contributed by atoms with Crippen molar-refractivity contribution in [3.63, 3.8) is 0 Å². The summed E-state index contributed by atoms with van der Waals surface area (Å²) >= 11 is 0. The second-order valence-electron chi connectivity index (χ2n) is 1.50. The zero-order chi connectivity index (χ0) is 5.70. The Balaban J connectivity index is 2.81. The summed E-state index contributed by atoms with van der Waals surface area (Å²) in [5.41, 5.74) is 0. The lowest BCUT2D eigenvalue weighted by Gasteiger charge is -1.97. The molecule has 0 aliphatic heterocycles. The van der Waals surface area contributed by atoms with Crippen LogP contribution in [0, 0.1) is 12.8 Å². The van der Waals surface area contributed by atoms with Crippen LogP contribution >= 0.6 is 0 Å². The van der Waals surface area contributed by atoms with Gasteiger partial charge in [0.15, 0.2) is 0 Å². The van der Waals surface area contributed by atoms with Gasteiger partial charge in [-0.2, -0.15) is 0 Å². The van der Waals surface area contributed by atoms with Crippen molar-refractivity contribution >= 4 is 6.47 Å². The maximum Gasteiger partial charge on any atom is 0.417 e. The van der Waals surface area contributed by atoms with E-state index in [-0.39, 0.29) is 5.92 Å². The first kappa shape index (κ1) is 6.47. The van der Waals surface area contributed by atoms with Crippen LogP contribution in [0.15, 0.2) is 0 Å². The predicted molar refractivity (Wildman–Crippen MR) is 26.2 cm³/mol. The van der Waals surface area contributed by atoms with Gasteiger partial charge in [-0.05, 0) is 12.8 Å². The van der Waals surface area contributed by atoms with Crippen LogP contribution in [0.1, 0.15) is 6.92 Å². The SMILES string of the molecule is [CH2]C(C)CO[C]=O. The Hall–Kier alpha value is -0.530. The molecule has 7 heavy (non-hydrogen) atoms. The van der Waals surface area contributed by atoms with Crippen LogP contribution in [0.5, 0.6) is 0 Å². The summed E-state index contributed by atoms with van der Waals surface area (Å²) in [7, 11) is 0. The number of rotatable bonds is 3. The third-order valence-electron chi connectivity index (χ3n) is 0.427. The highest BCUT2D eigenvalue weighted by Crippen LogP contribution is 1.87. The topological polar surface area (TPSA) is 26.3 Å². The van der Waals surface area contributed by atoms with Crippen LogP contribution in [0.2, 0.25) is 0 Å². The molecule has 2 radical (unpaired) electrons. The lowest BCUT2D eigenvalue weighted by molar-refractivity contribution is 0.251. The van der Waals surface area contributed by atoms with Gasteiger partial charge in [-0.15, -0.1) is 0 Å². The second kappa shape index (κ2) is 3.65. The molecule has 0 amide bonds. The first-order valence-electron chi connectivity index (χ1n) is 2.09. The van der Waals surface area contributed by atoms with Crippen LogP contribution in [0.4, 0.5) is 0 Å². The van der Waals surface area contributed by atoms with Gasteiger partial charge in [-0.3, -0.25) is 0 Å². The van der Waals surface area contributed by atoms with E-state index >= 15 is 0 Å². The molecule has 1 atom stereocenters. The Morgan fingerprint density at radius 3 is 2.71 bits per heavy atom. The minimum Gasteiger partial charge on any atom is -0.457 e. The fraction of sp³-hybridized carbons (Fsp3) is 0.600. The van der Waals surface area contributed by atoms with Gasteiger partial charge in [0, 0.05) is 0 Å². The molecule has 1 unspecified atom stereocenters. The summed E-state index contributed by atoms with van der Waals surface area (Å²) in [5.74, 6) is 0.168. The largest absolute Gasteiger partial charge is 0.457 e. The minimum absolute atomic E-state index is 0.168. The van der Waals surface area contributed by atoms with Crippen molar-refractivity contribution in [3.8, 4) is 0 Å². The molecule has 0 rings (SSSR count). The molecule has 0 aromatic carbocycles. The molecular formula is C5H8O2. The van der Waals surface area contributed by atoms with Crippen molar-refractivity contribution in [2.24, 2.45) is 5.92 Å². The molecular weight excluding hydrogens is 92.1 g/mol. The lowest BCUT2D eigenvalue weighted by atomic mass is 10.2. The van der Waals surface area contributed by atoms with E-state index in [9.17, 15) is 4.79 Å². The van der Waals surface area contributed by atoms with Crippen molar-refractivity contribution in [2.75, 3.05) is 6.61 Å². The zero-order valence-corrected chi connectivity index (χ0v) is 4.31.